The zero-order valence-corrected chi connectivity index (χ0v) is 13.4. The number of hydrogen-bond donors (Lipinski definition) is 1. The Hall–Kier alpha value is -1.13. The Bertz CT molecular complexity index is 468. The topological polar surface area (TPSA) is 38.5 Å². The van der Waals surface area contributed by atoms with E-state index >= 15 is 0 Å². The summed E-state index contributed by atoms with van der Waals surface area (Å²) in [4.78, 5) is 2.20. The van der Waals surface area contributed by atoms with Crippen molar-refractivity contribution in [3.8, 4) is 5.75 Å². The van der Waals surface area contributed by atoms with Crippen molar-refractivity contribution in [2.45, 2.75) is 50.1 Å². The molecule has 2 rings (SSSR count). The largest absolute Gasteiger partial charge is 0.497 e. The van der Waals surface area contributed by atoms with Crippen LogP contribution in [0.25, 0.3) is 0 Å². The Morgan fingerprint density at radius 3 is 2.29 bits per heavy atom. The first kappa shape index (κ1) is 16.2. The molecule has 1 aliphatic carbocycles. The quantitative estimate of drug-likeness (QED) is 0.864. The zero-order chi connectivity index (χ0) is 15.5. The van der Waals surface area contributed by atoms with E-state index in [1.807, 2.05) is 0 Å². The van der Waals surface area contributed by atoms with Gasteiger partial charge < -0.3 is 15.4 Å². The van der Waals surface area contributed by atoms with Crippen molar-refractivity contribution in [1.29, 1.82) is 0 Å². The van der Waals surface area contributed by atoms with Gasteiger partial charge in [0.1, 0.15) is 11.6 Å². The van der Waals surface area contributed by atoms with E-state index in [2.05, 4.69) is 19.0 Å². The Morgan fingerprint density at radius 1 is 1.19 bits per heavy atom. The lowest BCUT2D eigenvalue weighted by Crippen LogP contribution is -2.52. The number of hydrogen-bond acceptors (Lipinski definition) is 3. The summed E-state index contributed by atoms with van der Waals surface area (Å²) in [6.45, 7) is 0. The molecule has 0 spiro atoms. The van der Waals surface area contributed by atoms with Gasteiger partial charge >= 0.3 is 0 Å². The van der Waals surface area contributed by atoms with Crippen molar-refractivity contribution in [3.05, 3.63) is 29.6 Å². The molecule has 1 saturated carbocycles. The van der Waals surface area contributed by atoms with Crippen molar-refractivity contribution in [3.63, 3.8) is 0 Å². The molecule has 1 aliphatic rings. The van der Waals surface area contributed by atoms with E-state index < -0.39 is 0 Å². The number of benzene rings is 1. The smallest absolute Gasteiger partial charge is 0.131 e. The van der Waals surface area contributed by atoms with Crippen LogP contribution < -0.4 is 10.5 Å². The summed E-state index contributed by atoms with van der Waals surface area (Å²) in [5.41, 5.74) is 6.97. The van der Waals surface area contributed by atoms with Crippen LogP contribution in [0.5, 0.6) is 5.75 Å². The van der Waals surface area contributed by atoms with Crippen LogP contribution in [0, 0.1) is 5.82 Å². The lowest BCUT2D eigenvalue weighted by molar-refractivity contribution is 0.0954. The Kier molecular flexibility index (Phi) is 5.22. The van der Waals surface area contributed by atoms with Gasteiger partial charge in [-0.25, -0.2) is 4.39 Å². The molecule has 4 heteroatoms. The molecule has 0 amide bonds. The molecule has 0 aliphatic heterocycles. The summed E-state index contributed by atoms with van der Waals surface area (Å²) < 4.78 is 19.5. The Labute approximate surface area is 127 Å². The number of nitrogens with two attached hydrogens (primary N) is 1. The molecule has 118 valence electrons. The Morgan fingerprint density at radius 2 is 1.81 bits per heavy atom. The number of halogens is 1. The van der Waals surface area contributed by atoms with E-state index in [0.29, 0.717) is 11.3 Å². The summed E-state index contributed by atoms with van der Waals surface area (Å²) in [6.07, 6.45) is 6.84. The highest BCUT2D eigenvalue weighted by Gasteiger charge is 2.40. The van der Waals surface area contributed by atoms with Crippen LogP contribution in [-0.4, -0.2) is 31.6 Å². The fraction of sp³-hybridized carbons (Fsp3) is 0.647. The summed E-state index contributed by atoms with van der Waals surface area (Å²) >= 11 is 0. The maximum Gasteiger partial charge on any atom is 0.131 e. The van der Waals surface area contributed by atoms with Crippen molar-refractivity contribution in [2.24, 2.45) is 5.73 Å². The first-order chi connectivity index (χ1) is 10.0. The zero-order valence-electron chi connectivity index (χ0n) is 13.4. The first-order valence-electron chi connectivity index (χ1n) is 7.78. The molecule has 0 saturated heterocycles. The number of likely N-dealkylation sites (N-methyl/N-ethyl adjacent to an activating group) is 1. The van der Waals surface area contributed by atoms with Gasteiger partial charge in [-0.15, -0.1) is 0 Å². The highest BCUT2D eigenvalue weighted by Crippen LogP contribution is 2.40. The lowest BCUT2D eigenvalue weighted by atomic mass is 9.78. The fourth-order valence-corrected chi connectivity index (χ4v) is 3.55. The standard InChI is InChI=1S/C17H27FN2O/c1-20(2)17(10-6-4-5-7-11-17)16(19)14-9-8-13(21-3)12-15(14)18/h8-9,12,16H,4-7,10-11,19H2,1-3H3. The van der Waals surface area contributed by atoms with Crippen LogP contribution in [-0.2, 0) is 0 Å². The van der Waals surface area contributed by atoms with E-state index in [9.17, 15) is 4.39 Å². The maximum absolute atomic E-state index is 14.4. The Balaban J connectivity index is 2.36. The van der Waals surface area contributed by atoms with Gasteiger partial charge in [0.25, 0.3) is 0 Å². The molecule has 1 fully saturated rings. The molecule has 2 N–H and O–H groups in total. The molecule has 1 atom stereocenters. The summed E-state index contributed by atoms with van der Waals surface area (Å²) in [5.74, 6) is 0.260. The lowest BCUT2D eigenvalue weighted by Gasteiger charge is -2.44. The molecular formula is C17H27FN2O. The van der Waals surface area contributed by atoms with Gasteiger partial charge in [0.05, 0.1) is 13.2 Å². The average Bonchev–Trinajstić information content (AvgIpc) is 2.73. The molecular weight excluding hydrogens is 267 g/mol. The van der Waals surface area contributed by atoms with Gasteiger partial charge in [-0.3, -0.25) is 0 Å². The second-order valence-electron chi connectivity index (χ2n) is 6.28. The minimum Gasteiger partial charge on any atom is -0.497 e. The highest BCUT2D eigenvalue weighted by atomic mass is 19.1. The molecule has 3 nitrogen and oxygen atoms in total. The van der Waals surface area contributed by atoms with Gasteiger partial charge in [0.15, 0.2) is 0 Å². The second kappa shape index (κ2) is 6.75. The van der Waals surface area contributed by atoms with Crippen LogP contribution in [0.3, 0.4) is 0 Å². The van der Waals surface area contributed by atoms with E-state index in [1.54, 1.807) is 19.2 Å². The van der Waals surface area contributed by atoms with Crippen LogP contribution in [0.2, 0.25) is 0 Å². The van der Waals surface area contributed by atoms with Crippen LogP contribution >= 0.6 is 0 Å². The first-order valence-corrected chi connectivity index (χ1v) is 7.78. The van der Waals surface area contributed by atoms with Gasteiger partial charge in [-0.1, -0.05) is 31.7 Å². The van der Waals surface area contributed by atoms with Gasteiger partial charge in [-0.2, -0.15) is 0 Å². The van der Waals surface area contributed by atoms with Gasteiger partial charge in [0.2, 0.25) is 0 Å². The predicted molar refractivity (Wildman–Crippen MR) is 84.0 cm³/mol. The average molecular weight is 294 g/mol. The molecule has 0 heterocycles. The SMILES string of the molecule is COc1ccc(C(N)C2(N(C)C)CCCCCC2)c(F)c1. The number of nitrogens with zero attached hydrogens (tertiary/aromatic N) is 1. The third-order valence-electron chi connectivity index (χ3n) is 4.98. The molecule has 0 radical (unpaired) electrons. The van der Waals surface area contributed by atoms with E-state index in [0.717, 1.165) is 25.7 Å². The van der Waals surface area contributed by atoms with Gasteiger partial charge in [-0.05, 0) is 33.0 Å². The molecule has 0 bridgehead atoms. The van der Waals surface area contributed by atoms with Crippen molar-refractivity contribution < 1.29 is 9.13 Å². The minimum atomic E-state index is -0.323. The summed E-state index contributed by atoms with van der Waals surface area (Å²) in [6, 6.07) is 4.67. The molecule has 1 aromatic carbocycles. The molecule has 1 aromatic rings. The van der Waals surface area contributed by atoms with Crippen molar-refractivity contribution in [1.82, 2.24) is 4.90 Å². The fourth-order valence-electron chi connectivity index (χ4n) is 3.55. The maximum atomic E-state index is 14.4. The molecule has 1 unspecified atom stereocenters. The second-order valence-corrected chi connectivity index (χ2v) is 6.28. The molecule has 0 aromatic heterocycles. The van der Waals surface area contributed by atoms with Gasteiger partial charge in [0, 0.05) is 17.2 Å². The minimum absolute atomic E-state index is 0.161. The third-order valence-corrected chi connectivity index (χ3v) is 4.98. The van der Waals surface area contributed by atoms with Crippen LogP contribution in [0.1, 0.15) is 50.1 Å². The third kappa shape index (κ3) is 3.22. The normalized spacial score (nSPS) is 20.1. The van der Waals surface area contributed by atoms with E-state index in [4.69, 9.17) is 10.5 Å². The van der Waals surface area contributed by atoms with Crippen LogP contribution in [0.15, 0.2) is 18.2 Å². The van der Waals surface area contributed by atoms with E-state index in [1.165, 1.54) is 18.9 Å². The van der Waals surface area contributed by atoms with Crippen molar-refractivity contribution >= 4 is 0 Å². The summed E-state index contributed by atoms with van der Waals surface area (Å²) in [7, 11) is 5.67. The predicted octanol–water partition coefficient (Wildman–Crippen LogP) is 3.49. The van der Waals surface area contributed by atoms with Crippen molar-refractivity contribution in [2.75, 3.05) is 21.2 Å². The number of methoxy groups -OCH3 is 1. The number of ether oxygens (including phenoxy) is 1. The van der Waals surface area contributed by atoms with E-state index in [-0.39, 0.29) is 17.4 Å². The monoisotopic (exact) mass is 294 g/mol. The van der Waals surface area contributed by atoms with Crippen LogP contribution in [0.4, 0.5) is 4.39 Å². The molecule has 21 heavy (non-hydrogen) atoms. The summed E-state index contributed by atoms with van der Waals surface area (Å²) in [5, 5.41) is 0. The number of rotatable bonds is 4. The highest BCUT2D eigenvalue weighted by molar-refractivity contribution is 5.32.